The molecule has 4 nitrogen and oxygen atoms in total. The van der Waals surface area contributed by atoms with Crippen LogP contribution in [0.3, 0.4) is 0 Å². The summed E-state index contributed by atoms with van der Waals surface area (Å²) in [7, 11) is 0. The van der Waals surface area contributed by atoms with Gasteiger partial charge < -0.3 is 15.6 Å². The summed E-state index contributed by atoms with van der Waals surface area (Å²) in [6.45, 7) is 0.558. The zero-order valence-corrected chi connectivity index (χ0v) is 11.8. The molecule has 0 heterocycles. The zero-order chi connectivity index (χ0) is 15.1. The van der Waals surface area contributed by atoms with E-state index in [9.17, 15) is 4.79 Å². The summed E-state index contributed by atoms with van der Waals surface area (Å²) in [5.41, 5.74) is 8.61. The van der Waals surface area contributed by atoms with E-state index in [4.69, 9.17) is 15.6 Å². The van der Waals surface area contributed by atoms with Crippen molar-refractivity contribution in [3.05, 3.63) is 59.7 Å². The van der Waals surface area contributed by atoms with Gasteiger partial charge in [-0.25, -0.2) is 0 Å². The lowest BCUT2D eigenvalue weighted by Crippen LogP contribution is -2.04. The number of carboxylic acids is 1. The van der Waals surface area contributed by atoms with Gasteiger partial charge in [0.05, 0.1) is 12.3 Å². The van der Waals surface area contributed by atoms with Gasteiger partial charge in [-0.05, 0) is 29.7 Å². The van der Waals surface area contributed by atoms with E-state index in [1.54, 1.807) is 12.1 Å². The number of ether oxygens (including phenoxy) is 1. The first-order valence-electron chi connectivity index (χ1n) is 6.92. The topological polar surface area (TPSA) is 72.6 Å². The molecule has 0 radical (unpaired) electrons. The van der Waals surface area contributed by atoms with Crippen molar-refractivity contribution in [1.82, 2.24) is 0 Å². The van der Waals surface area contributed by atoms with E-state index in [1.807, 2.05) is 24.3 Å². The van der Waals surface area contributed by atoms with Crippen molar-refractivity contribution in [3.8, 4) is 5.75 Å². The average molecular weight is 285 g/mol. The molecule has 0 atom stereocenters. The van der Waals surface area contributed by atoms with Gasteiger partial charge in [0, 0.05) is 12.8 Å². The molecule has 2 aromatic rings. The lowest BCUT2D eigenvalue weighted by atomic mass is 10.1. The highest BCUT2D eigenvalue weighted by molar-refractivity contribution is 5.67. The van der Waals surface area contributed by atoms with E-state index in [-0.39, 0.29) is 6.42 Å². The van der Waals surface area contributed by atoms with Crippen LogP contribution in [0.25, 0.3) is 0 Å². The van der Waals surface area contributed by atoms with E-state index < -0.39 is 5.97 Å². The Morgan fingerprint density at radius 2 is 1.81 bits per heavy atom. The smallest absolute Gasteiger partial charge is 0.303 e. The van der Waals surface area contributed by atoms with Crippen LogP contribution in [0.5, 0.6) is 5.75 Å². The maximum Gasteiger partial charge on any atom is 0.303 e. The molecule has 0 spiro atoms. The molecule has 0 amide bonds. The molecule has 0 aliphatic carbocycles. The largest absolute Gasteiger partial charge is 0.491 e. The fourth-order valence-corrected chi connectivity index (χ4v) is 2.06. The third-order valence-electron chi connectivity index (χ3n) is 3.19. The normalized spacial score (nSPS) is 10.3. The number of nitrogen functional groups attached to an aromatic ring is 1. The molecular formula is C17H19NO3. The predicted octanol–water partition coefficient (Wildman–Crippen LogP) is 2.91. The van der Waals surface area contributed by atoms with E-state index >= 15 is 0 Å². The fraction of sp³-hybridized carbons (Fsp3) is 0.235. The van der Waals surface area contributed by atoms with E-state index in [1.165, 1.54) is 5.56 Å². The van der Waals surface area contributed by atoms with Crippen LogP contribution in [0.1, 0.15) is 17.5 Å². The summed E-state index contributed by atoms with van der Waals surface area (Å²) < 4.78 is 5.68. The van der Waals surface area contributed by atoms with Crippen LogP contribution in [-0.2, 0) is 17.6 Å². The first kappa shape index (κ1) is 14.9. The molecule has 0 fully saturated rings. The molecule has 21 heavy (non-hydrogen) atoms. The molecule has 3 N–H and O–H groups in total. The number of aliphatic carboxylic acids is 1. The van der Waals surface area contributed by atoms with Crippen LogP contribution in [-0.4, -0.2) is 17.7 Å². The molecule has 0 aliphatic rings. The molecule has 110 valence electrons. The number of anilines is 1. The van der Waals surface area contributed by atoms with Crippen molar-refractivity contribution < 1.29 is 14.6 Å². The minimum absolute atomic E-state index is 0.105. The molecule has 0 saturated carbocycles. The summed E-state index contributed by atoms with van der Waals surface area (Å²) in [6, 6.07) is 15.5. The Morgan fingerprint density at radius 3 is 2.48 bits per heavy atom. The van der Waals surface area contributed by atoms with Crippen molar-refractivity contribution in [2.75, 3.05) is 12.3 Å². The number of rotatable bonds is 7. The molecule has 0 bridgehead atoms. The second-order valence-electron chi connectivity index (χ2n) is 4.85. The summed E-state index contributed by atoms with van der Waals surface area (Å²) in [6.07, 6.45) is 1.40. The fourth-order valence-electron chi connectivity index (χ4n) is 2.06. The number of benzene rings is 2. The Kier molecular flexibility index (Phi) is 5.21. The van der Waals surface area contributed by atoms with Gasteiger partial charge >= 0.3 is 5.97 Å². The SMILES string of the molecule is Nc1cc(CCC(=O)O)ccc1OCCc1ccccc1. The van der Waals surface area contributed by atoms with E-state index in [0.717, 1.165) is 12.0 Å². The minimum Gasteiger partial charge on any atom is -0.491 e. The molecule has 2 rings (SSSR count). The van der Waals surface area contributed by atoms with Crippen molar-refractivity contribution in [1.29, 1.82) is 0 Å². The quantitative estimate of drug-likeness (QED) is 0.767. The van der Waals surface area contributed by atoms with Crippen molar-refractivity contribution in [3.63, 3.8) is 0 Å². The van der Waals surface area contributed by atoms with Gasteiger partial charge in [0.1, 0.15) is 5.75 Å². The van der Waals surface area contributed by atoms with Gasteiger partial charge in [0.25, 0.3) is 0 Å². The van der Waals surface area contributed by atoms with Gasteiger partial charge in [-0.1, -0.05) is 36.4 Å². The van der Waals surface area contributed by atoms with Gasteiger partial charge in [-0.2, -0.15) is 0 Å². The Balaban J connectivity index is 1.87. The Labute approximate surface area is 124 Å². The summed E-state index contributed by atoms with van der Waals surface area (Å²) in [5, 5.41) is 8.67. The van der Waals surface area contributed by atoms with Crippen LogP contribution in [0.2, 0.25) is 0 Å². The van der Waals surface area contributed by atoms with Crippen LogP contribution >= 0.6 is 0 Å². The van der Waals surface area contributed by atoms with Gasteiger partial charge in [-0.15, -0.1) is 0 Å². The lowest BCUT2D eigenvalue weighted by molar-refractivity contribution is -0.136. The summed E-state index contributed by atoms with van der Waals surface area (Å²) in [5.74, 6) is -0.165. The average Bonchev–Trinajstić information content (AvgIpc) is 2.48. The number of hydrogen-bond acceptors (Lipinski definition) is 3. The predicted molar refractivity (Wildman–Crippen MR) is 82.5 cm³/mol. The van der Waals surface area contributed by atoms with Crippen LogP contribution in [0, 0.1) is 0 Å². The third kappa shape index (κ3) is 4.84. The van der Waals surface area contributed by atoms with Gasteiger partial charge in [0.2, 0.25) is 0 Å². The van der Waals surface area contributed by atoms with E-state index in [0.29, 0.717) is 24.5 Å². The highest BCUT2D eigenvalue weighted by Gasteiger charge is 2.04. The summed E-state index contributed by atoms with van der Waals surface area (Å²) >= 11 is 0. The maximum absolute atomic E-state index is 10.5. The Morgan fingerprint density at radius 1 is 1.05 bits per heavy atom. The minimum atomic E-state index is -0.809. The molecule has 0 aromatic heterocycles. The highest BCUT2D eigenvalue weighted by atomic mass is 16.5. The summed E-state index contributed by atoms with van der Waals surface area (Å²) in [4.78, 5) is 10.5. The number of nitrogens with two attached hydrogens (primary N) is 1. The molecule has 0 aliphatic heterocycles. The standard InChI is InChI=1S/C17H19NO3/c18-15-12-14(7-9-17(19)20)6-8-16(15)21-11-10-13-4-2-1-3-5-13/h1-6,8,12H,7,9-11,18H2,(H,19,20). The number of aryl methyl sites for hydroxylation is 1. The van der Waals surface area contributed by atoms with Gasteiger partial charge in [0.15, 0.2) is 0 Å². The Hall–Kier alpha value is -2.49. The zero-order valence-electron chi connectivity index (χ0n) is 11.8. The van der Waals surface area contributed by atoms with Crippen LogP contribution in [0.15, 0.2) is 48.5 Å². The molecule has 4 heteroatoms. The van der Waals surface area contributed by atoms with Crippen molar-refractivity contribution in [2.24, 2.45) is 0 Å². The molecular weight excluding hydrogens is 266 g/mol. The maximum atomic E-state index is 10.5. The van der Waals surface area contributed by atoms with Crippen molar-refractivity contribution >= 4 is 11.7 Å². The molecule has 2 aromatic carbocycles. The highest BCUT2D eigenvalue weighted by Crippen LogP contribution is 2.23. The number of carboxylic acid groups (broad SMARTS) is 1. The first-order valence-corrected chi connectivity index (χ1v) is 6.92. The second kappa shape index (κ2) is 7.33. The molecule has 0 unspecified atom stereocenters. The van der Waals surface area contributed by atoms with Gasteiger partial charge in [-0.3, -0.25) is 4.79 Å². The number of carbonyl (C=O) groups is 1. The number of hydrogen-bond donors (Lipinski definition) is 2. The van der Waals surface area contributed by atoms with Crippen LogP contribution in [0.4, 0.5) is 5.69 Å². The monoisotopic (exact) mass is 285 g/mol. The third-order valence-corrected chi connectivity index (χ3v) is 3.19. The van der Waals surface area contributed by atoms with E-state index in [2.05, 4.69) is 12.1 Å². The van der Waals surface area contributed by atoms with Crippen LogP contribution < -0.4 is 10.5 Å². The van der Waals surface area contributed by atoms with Crippen molar-refractivity contribution in [2.45, 2.75) is 19.3 Å². The first-order chi connectivity index (χ1) is 10.1. The second-order valence-corrected chi connectivity index (χ2v) is 4.85. The Bertz CT molecular complexity index is 596. The molecule has 0 saturated heterocycles. The lowest BCUT2D eigenvalue weighted by Gasteiger charge is -2.10.